The van der Waals surface area contributed by atoms with Crippen LogP contribution in [0.3, 0.4) is 0 Å². The van der Waals surface area contributed by atoms with Crippen LogP contribution in [0.4, 0.5) is 0 Å². The van der Waals surface area contributed by atoms with E-state index in [1.54, 1.807) is 6.92 Å². The van der Waals surface area contributed by atoms with Gasteiger partial charge in [-0.25, -0.2) is 0 Å². The summed E-state index contributed by atoms with van der Waals surface area (Å²) >= 11 is 0. The highest BCUT2D eigenvalue weighted by molar-refractivity contribution is 5.78. The summed E-state index contributed by atoms with van der Waals surface area (Å²) in [6.45, 7) is 7.68. The Kier molecular flexibility index (Phi) is 5.88. The van der Waals surface area contributed by atoms with Crippen LogP contribution in [0.2, 0.25) is 0 Å². The first-order valence-corrected chi connectivity index (χ1v) is 6.37. The predicted octanol–water partition coefficient (Wildman–Crippen LogP) is -0.491. The second-order valence-corrected chi connectivity index (χ2v) is 5.05. The van der Waals surface area contributed by atoms with E-state index in [0.29, 0.717) is 13.0 Å². The first-order valence-electron chi connectivity index (χ1n) is 6.37. The molecule has 2 N–H and O–H groups in total. The maximum atomic E-state index is 11.9. The van der Waals surface area contributed by atoms with E-state index in [-0.39, 0.29) is 18.1 Å². The largest absolute Gasteiger partial charge is 0.393 e. The number of hydrogen-bond donors (Lipinski definition) is 2. The van der Waals surface area contributed by atoms with Crippen LogP contribution in [-0.2, 0) is 4.79 Å². The van der Waals surface area contributed by atoms with Gasteiger partial charge < -0.3 is 20.2 Å². The molecule has 1 aliphatic heterocycles. The summed E-state index contributed by atoms with van der Waals surface area (Å²) in [6, 6.07) is 0.173. The molecule has 1 rings (SSSR count). The van der Waals surface area contributed by atoms with Gasteiger partial charge in [0.05, 0.1) is 12.6 Å². The Morgan fingerprint density at radius 3 is 2.41 bits per heavy atom. The number of amides is 1. The molecule has 1 amide bonds. The predicted molar refractivity (Wildman–Crippen MR) is 67.8 cm³/mol. The number of hydrogen-bond acceptors (Lipinski definition) is 4. The number of aliphatic hydroxyl groups is 1. The summed E-state index contributed by atoms with van der Waals surface area (Å²) in [6.07, 6.45) is 0.354. The van der Waals surface area contributed by atoms with E-state index < -0.39 is 0 Å². The zero-order chi connectivity index (χ0) is 12.8. The van der Waals surface area contributed by atoms with Gasteiger partial charge in [0.15, 0.2) is 0 Å². The van der Waals surface area contributed by atoms with Crippen molar-refractivity contribution in [2.45, 2.75) is 32.4 Å². The highest BCUT2D eigenvalue weighted by Gasteiger charge is 2.19. The van der Waals surface area contributed by atoms with Crippen molar-refractivity contribution in [2.75, 3.05) is 39.8 Å². The minimum Gasteiger partial charge on any atom is -0.393 e. The summed E-state index contributed by atoms with van der Waals surface area (Å²) in [5.41, 5.74) is 0. The van der Waals surface area contributed by atoms with E-state index >= 15 is 0 Å². The molecule has 0 aromatic rings. The standard InChI is InChI=1S/C12H25N3O2/c1-10(8-11(2)16)13-9-12(17)15-6-4-14(3)5-7-15/h10-11,13,16H,4-9H2,1-3H3. The molecule has 0 aliphatic carbocycles. The van der Waals surface area contributed by atoms with E-state index in [1.165, 1.54) is 0 Å². The zero-order valence-electron chi connectivity index (χ0n) is 11.1. The normalized spacial score (nSPS) is 21.3. The van der Waals surface area contributed by atoms with Crippen LogP contribution in [0.1, 0.15) is 20.3 Å². The monoisotopic (exact) mass is 243 g/mol. The van der Waals surface area contributed by atoms with Gasteiger partial charge in [-0.2, -0.15) is 0 Å². The molecule has 1 aliphatic rings. The lowest BCUT2D eigenvalue weighted by Crippen LogP contribution is -2.50. The van der Waals surface area contributed by atoms with Crippen LogP contribution in [0.25, 0.3) is 0 Å². The minimum atomic E-state index is -0.323. The molecule has 100 valence electrons. The van der Waals surface area contributed by atoms with Crippen molar-refractivity contribution in [2.24, 2.45) is 0 Å². The van der Waals surface area contributed by atoms with E-state index in [4.69, 9.17) is 0 Å². The van der Waals surface area contributed by atoms with Crippen LogP contribution in [0.5, 0.6) is 0 Å². The molecule has 5 nitrogen and oxygen atoms in total. The molecule has 1 heterocycles. The molecule has 5 heteroatoms. The number of rotatable bonds is 5. The van der Waals surface area contributed by atoms with Gasteiger partial charge in [0.25, 0.3) is 0 Å². The van der Waals surface area contributed by atoms with Crippen molar-refractivity contribution in [1.82, 2.24) is 15.1 Å². The first kappa shape index (κ1) is 14.4. The molecular weight excluding hydrogens is 218 g/mol. The average Bonchev–Trinajstić information content (AvgIpc) is 2.26. The Labute approximate surface area is 104 Å². The smallest absolute Gasteiger partial charge is 0.236 e. The van der Waals surface area contributed by atoms with Gasteiger partial charge in [-0.1, -0.05) is 0 Å². The lowest BCUT2D eigenvalue weighted by Gasteiger charge is -2.32. The fraction of sp³-hybridized carbons (Fsp3) is 0.917. The van der Waals surface area contributed by atoms with Crippen molar-refractivity contribution in [1.29, 1.82) is 0 Å². The summed E-state index contributed by atoms with van der Waals surface area (Å²) < 4.78 is 0. The molecular formula is C12H25N3O2. The fourth-order valence-electron chi connectivity index (χ4n) is 2.02. The van der Waals surface area contributed by atoms with Crippen LogP contribution >= 0.6 is 0 Å². The number of carbonyl (C=O) groups excluding carboxylic acids is 1. The van der Waals surface area contributed by atoms with Crippen molar-refractivity contribution in [3.8, 4) is 0 Å². The summed E-state index contributed by atoms with van der Waals surface area (Å²) in [5.74, 6) is 0.163. The maximum Gasteiger partial charge on any atom is 0.236 e. The lowest BCUT2D eigenvalue weighted by molar-refractivity contribution is -0.131. The number of aliphatic hydroxyl groups excluding tert-OH is 1. The van der Waals surface area contributed by atoms with Crippen molar-refractivity contribution in [3.63, 3.8) is 0 Å². The summed E-state index contributed by atoms with van der Waals surface area (Å²) in [4.78, 5) is 16.0. The fourth-order valence-corrected chi connectivity index (χ4v) is 2.02. The van der Waals surface area contributed by atoms with Crippen LogP contribution in [0, 0.1) is 0 Å². The summed E-state index contributed by atoms with van der Waals surface area (Å²) in [7, 11) is 2.07. The topological polar surface area (TPSA) is 55.8 Å². The van der Waals surface area contributed by atoms with Gasteiger partial charge in [-0.05, 0) is 27.3 Å². The van der Waals surface area contributed by atoms with Gasteiger partial charge in [0, 0.05) is 32.2 Å². The Balaban J connectivity index is 2.20. The van der Waals surface area contributed by atoms with Crippen LogP contribution in [0.15, 0.2) is 0 Å². The van der Waals surface area contributed by atoms with Gasteiger partial charge >= 0.3 is 0 Å². The third kappa shape index (κ3) is 5.48. The highest BCUT2D eigenvalue weighted by Crippen LogP contribution is 2.00. The Hall–Kier alpha value is -0.650. The Morgan fingerprint density at radius 1 is 1.29 bits per heavy atom. The molecule has 1 saturated heterocycles. The van der Waals surface area contributed by atoms with E-state index in [1.807, 2.05) is 11.8 Å². The second kappa shape index (κ2) is 6.93. The summed E-state index contributed by atoms with van der Waals surface area (Å²) in [5, 5.41) is 12.4. The Bertz CT molecular complexity index is 238. The molecule has 0 aromatic heterocycles. The second-order valence-electron chi connectivity index (χ2n) is 5.05. The number of carbonyl (C=O) groups is 1. The number of nitrogens with zero attached hydrogens (tertiary/aromatic N) is 2. The highest BCUT2D eigenvalue weighted by atomic mass is 16.3. The molecule has 1 fully saturated rings. The number of piperazine rings is 1. The van der Waals surface area contributed by atoms with Gasteiger partial charge in [0.2, 0.25) is 5.91 Å². The molecule has 17 heavy (non-hydrogen) atoms. The number of nitrogens with one attached hydrogen (secondary N) is 1. The molecule has 0 saturated carbocycles. The molecule has 0 bridgehead atoms. The van der Waals surface area contributed by atoms with Crippen molar-refractivity contribution >= 4 is 5.91 Å². The molecule has 0 radical (unpaired) electrons. The van der Waals surface area contributed by atoms with Crippen LogP contribution in [-0.4, -0.2) is 72.7 Å². The van der Waals surface area contributed by atoms with E-state index in [0.717, 1.165) is 26.2 Å². The first-order chi connectivity index (χ1) is 7.99. The molecule has 0 aromatic carbocycles. The van der Waals surface area contributed by atoms with Gasteiger partial charge in [-0.15, -0.1) is 0 Å². The van der Waals surface area contributed by atoms with Crippen molar-refractivity contribution in [3.05, 3.63) is 0 Å². The third-order valence-electron chi connectivity index (χ3n) is 3.15. The van der Waals surface area contributed by atoms with Crippen LogP contribution < -0.4 is 5.32 Å². The molecule has 0 spiro atoms. The van der Waals surface area contributed by atoms with Gasteiger partial charge in [0.1, 0.15) is 0 Å². The van der Waals surface area contributed by atoms with E-state index in [9.17, 15) is 9.90 Å². The molecule has 2 atom stereocenters. The average molecular weight is 243 g/mol. The Morgan fingerprint density at radius 2 is 1.88 bits per heavy atom. The maximum absolute atomic E-state index is 11.9. The minimum absolute atomic E-state index is 0.163. The third-order valence-corrected chi connectivity index (χ3v) is 3.15. The van der Waals surface area contributed by atoms with Gasteiger partial charge in [-0.3, -0.25) is 4.79 Å². The number of likely N-dealkylation sites (N-methyl/N-ethyl adjacent to an activating group) is 1. The SMILES string of the molecule is CC(O)CC(C)NCC(=O)N1CCN(C)CC1. The van der Waals surface area contributed by atoms with Crippen molar-refractivity contribution < 1.29 is 9.90 Å². The lowest BCUT2D eigenvalue weighted by atomic mass is 10.1. The van der Waals surface area contributed by atoms with E-state index in [2.05, 4.69) is 17.3 Å². The molecule has 2 unspecified atom stereocenters. The quantitative estimate of drug-likeness (QED) is 0.684. The zero-order valence-corrected chi connectivity index (χ0v) is 11.1.